The summed E-state index contributed by atoms with van der Waals surface area (Å²) in [6, 6.07) is 4.23. The van der Waals surface area contributed by atoms with Gasteiger partial charge in [-0.1, -0.05) is 58.3 Å². The highest BCUT2D eigenvalue weighted by Gasteiger charge is 2.35. The van der Waals surface area contributed by atoms with E-state index in [2.05, 4.69) is 6.92 Å². The van der Waals surface area contributed by atoms with Crippen LogP contribution in [0.25, 0.3) is 0 Å². The van der Waals surface area contributed by atoms with Crippen molar-refractivity contribution < 1.29 is 23.5 Å². The zero-order valence-electron chi connectivity index (χ0n) is 24.3. The highest BCUT2D eigenvalue weighted by atomic mass is 19.1. The molecular weight excluding hydrogens is 513 g/mol. The van der Waals surface area contributed by atoms with Gasteiger partial charge in [0.1, 0.15) is 11.9 Å². The molecule has 2 aliphatic rings. The molecule has 2 amide bonds. The summed E-state index contributed by atoms with van der Waals surface area (Å²) in [7, 11) is 0. The van der Waals surface area contributed by atoms with E-state index in [1.54, 1.807) is 17.0 Å². The monoisotopic (exact) mass is 563 g/mol. The van der Waals surface area contributed by atoms with Gasteiger partial charge in [-0.25, -0.2) is 9.18 Å². The number of unbranched alkanes of at least 4 members (excludes halogenated alkanes) is 8. The van der Waals surface area contributed by atoms with Crippen LogP contribution in [0.5, 0.6) is 0 Å². The quantitative estimate of drug-likeness (QED) is 0.254. The molecule has 2 aliphatic heterocycles. The van der Waals surface area contributed by atoms with Gasteiger partial charge < -0.3 is 30.7 Å². The lowest BCUT2D eigenvalue weighted by Gasteiger charge is -2.29. The highest BCUT2D eigenvalue weighted by molar-refractivity contribution is 5.90. The molecule has 1 aromatic carbocycles. The molecular formula is C30H50FN5O4. The number of carbonyl (C=O) groups is 2. The lowest BCUT2D eigenvalue weighted by Crippen LogP contribution is -2.47. The Morgan fingerprint density at radius 3 is 2.45 bits per heavy atom. The number of ether oxygens (including phenoxy) is 2. The maximum absolute atomic E-state index is 15.0. The first-order valence-electron chi connectivity index (χ1n) is 15.3. The minimum absolute atomic E-state index is 0.115. The van der Waals surface area contributed by atoms with Crippen molar-refractivity contribution in [2.24, 2.45) is 11.5 Å². The first kappa shape index (κ1) is 32.1. The van der Waals surface area contributed by atoms with E-state index in [1.165, 1.54) is 43.1 Å². The highest BCUT2D eigenvalue weighted by Crippen LogP contribution is 2.29. The third kappa shape index (κ3) is 9.89. The van der Waals surface area contributed by atoms with Gasteiger partial charge in [0, 0.05) is 19.6 Å². The summed E-state index contributed by atoms with van der Waals surface area (Å²) < 4.78 is 26.0. The van der Waals surface area contributed by atoms with Gasteiger partial charge in [0.05, 0.1) is 43.7 Å². The predicted octanol–water partition coefficient (Wildman–Crippen LogP) is 4.41. The third-order valence-corrected chi connectivity index (χ3v) is 7.77. The summed E-state index contributed by atoms with van der Waals surface area (Å²) in [5.74, 6) is -0.499. The average molecular weight is 564 g/mol. The van der Waals surface area contributed by atoms with E-state index < -0.39 is 18.2 Å². The number of hydrogen-bond donors (Lipinski definition) is 2. The number of amides is 2. The largest absolute Gasteiger partial charge is 0.442 e. The molecule has 40 heavy (non-hydrogen) atoms. The Morgan fingerprint density at radius 2 is 1.77 bits per heavy atom. The Balaban J connectivity index is 1.57. The fourth-order valence-electron chi connectivity index (χ4n) is 5.39. The van der Waals surface area contributed by atoms with E-state index in [9.17, 15) is 14.0 Å². The number of carbonyl (C=O) groups excluding carboxylic acids is 2. The van der Waals surface area contributed by atoms with E-state index in [-0.39, 0.29) is 24.8 Å². The van der Waals surface area contributed by atoms with Gasteiger partial charge in [-0.2, -0.15) is 0 Å². The van der Waals surface area contributed by atoms with Crippen LogP contribution in [0.1, 0.15) is 77.6 Å². The number of anilines is 2. The molecule has 2 fully saturated rings. The van der Waals surface area contributed by atoms with Crippen LogP contribution in [-0.4, -0.2) is 81.5 Å². The molecule has 3 rings (SSSR count). The SMILES string of the molecule is CCCCCCCCCCN(C[C@H]1CN(c2ccc(N3CCOCC3)c(F)c2)C(=O)O1)C(=O)[C@@H](N)CCCCN. The molecule has 10 heteroatoms. The summed E-state index contributed by atoms with van der Waals surface area (Å²) in [6.07, 6.45) is 10.5. The number of halogens is 1. The van der Waals surface area contributed by atoms with Gasteiger partial charge in [0.25, 0.3) is 0 Å². The predicted molar refractivity (Wildman–Crippen MR) is 157 cm³/mol. The number of cyclic esters (lactones) is 1. The Hall–Kier alpha value is -2.43. The van der Waals surface area contributed by atoms with Crippen LogP contribution < -0.4 is 21.3 Å². The van der Waals surface area contributed by atoms with Gasteiger partial charge in [-0.3, -0.25) is 9.69 Å². The number of hydrogen-bond acceptors (Lipinski definition) is 7. The van der Waals surface area contributed by atoms with Crippen LogP contribution in [0.2, 0.25) is 0 Å². The molecule has 2 saturated heterocycles. The molecule has 1 aromatic rings. The Kier molecular flexibility index (Phi) is 14.0. The summed E-state index contributed by atoms with van der Waals surface area (Å²) >= 11 is 0. The van der Waals surface area contributed by atoms with Gasteiger partial charge in [-0.05, 0) is 44.0 Å². The molecule has 0 unspecified atom stereocenters. The molecule has 226 valence electrons. The molecule has 2 heterocycles. The zero-order valence-corrected chi connectivity index (χ0v) is 24.3. The summed E-state index contributed by atoms with van der Waals surface area (Å²) in [5, 5.41) is 0. The average Bonchev–Trinajstić information content (AvgIpc) is 3.33. The van der Waals surface area contributed by atoms with Crippen molar-refractivity contribution in [2.75, 3.05) is 62.3 Å². The first-order valence-corrected chi connectivity index (χ1v) is 15.3. The summed E-state index contributed by atoms with van der Waals surface area (Å²) in [6.45, 7) is 6.27. The Labute approximate surface area is 239 Å². The molecule has 0 aromatic heterocycles. The molecule has 2 atom stereocenters. The minimum Gasteiger partial charge on any atom is -0.442 e. The molecule has 4 N–H and O–H groups in total. The van der Waals surface area contributed by atoms with Crippen LogP contribution in [-0.2, 0) is 14.3 Å². The van der Waals surface area contributed by atoms with E-state index in [0.717, 1.165) is 32.1 Å². The summed E-state index contributed by atoms with van der Waals surface area (Å²) in [5.41, 5.74) is 12.8. The van der Waals surface area contributed by atoms with Crippen molar-refractivity contribution in [2.45, 2.75) is 89.7 Å². The normalized spacial score (nSPS) is 18.2. The maximum Gasteiger partial charge on any atom is 0.414 e. The Bertz CT molecular complexity index is 914. The Morgan fingerprint density at radius 1 is 1.07 bits per heavy atom. The van der Waals surface area contributed by atoms with Crippen molar-refractivity contribution in [3.63, 3.8) is 0 Å². The topological polar surface area (TPSA) is 114 Å². The molecule has 0 spiro atoms. The number of nitrogens with zero attached hydrogens (tertiary/aromatic N) is 3. The van der Waals surface area contributed by atoms with E-state index >= 15 is 0 Å². The van der Waals surface area contributed by atoms with Crippen molar-refractivity contribution in [1.29, 1.82) is 0 Å². The number of benzene rings is 1. The lowest BCUT2D eigenvalue weighted by molar-refractivity contribution is -0.134. The van der Waals surface area contributed by atoms with Gasteiger partial charge in [0.15, 0.2) is 0 Å². The number of nitrogens with two attached hydrogens (primary N) is 2. The second-order valence-electron chi connectivity index (χ2n) is 11.0. The standard InChI is InChI=1S/C30H50FN5O4/c1-2-3-4-5-6-7-8-11-16-35(29(37)27(33)12-9-10-15-32)22-25-23-36(30(38)40-25)24-13-14-28(26(31)21-24)34-17-19-39-20-18-34/h13-14,21,25,27H,2-12,15-20,22-23,32-33H2,1H3/t25-,27-/m0/s1. The van der Waals surface area contributed by atoms with Crippen LogP contribution in [0.4, 0.5) is 20.6 Å². The van der Waals surface area contributed by atoms with E-state index in [1.807, 2.05) is 4.90 Å². The van der Waals surface area contributed by atoms with Crippen LogP contribution >= 0.6 is 0 Å². The third-order valence-electron chi connectivity index (χ3n) is 7.77. The van der Waals surface area contributed by atoms with Crippen LogP contribution in [0, 0.1) is 5.82 Å². The fourth-order valence-corrected chi connectivity index (χ4v) is 5.39. The van der Waals surface area contributed by atoms with Gasteiger partial charge in [-0.15, -0.1) is 0 Å². The van der Waals surface area contributed by atoms with Crippen molar-refractivity contribution >= 4 is 23.4 Å². The smallest absolute Gasteiger partial charge is 0.414 e. The minimum atomic E-state index is -0.601. The molecule has 0 bridgehead atoms. The van der Waals surface area contributed by atoms with E-state index in [0.29, 0.717) is 57.2 Å². The lowest BCUT2D eigenvalue weighted by atomic mass is 10.1. The van der Waals surface area contributed by atoms with Gasteiger partial charge in [0.2, 0.25) is 5.91 Å². The summed E-state index contributed by atoms with van der Waals surface area (Å²) in [4.78, 5) is 31.2. The second kappa shape index (κ2) is 17.4. The van der Waals surface area contributed by atoms with Crippen molar-refractivity contribution in [3.8, 4) is 0 Å². The fraction of sp³-hybridized carbons (Fsp3) is 0.733. The number of morpholine rings is 1. The maximum atomic E-state index is 15.0. The first-order chi connectivity index (χ1) is 19.4. The number of rotatable bonds is 18. The van der Waals surface area contributed by atoms with Gasteiger partial charge >= 0.3 is 6.09 Å². The van der Waals surface area contributed by atoms with Crippen molar-refractivity contribution in [3.05, 3.63) is 24.0 Å². The molecule has 0 radical (unpaired) electrons. The van der Waals surface area contributed by atoms with E-state index in [4.69, 9.17) is 20.9 Å². The second-order valence-corrected chi connectivity index (χ2v) is 11.0. The molecule has 0 saturated carbocycles. The molecule has 9 nitrogen and oxygen atoms in total. The van der Waals surface area contributed by atoms with Crippen LogP contribution in [0.15, 0.2) is 18.2 Å². The zero-order chi connectivity index (χ0) is 28.7. The van der Waals surface area contributed by atoms with Crippen molar-refractivity contribution in [1.82, 2.24) is 4.90 Å². The molecule has 0 aliphatic carbocycles. The van der Waals surface area contributed by atoms with Crippen LogP contribution in [0.3, 0.4) is 0 Å².